The Labute approximate surface area is 100 Å². The van der Waals surface area contributed by atoms with Gasteiger partial charge in [-0.05, 0) is 5.92 Å². The summed E-state index contributed by atoms with van der Waals surface area (Å²) in [6.07, 6.45) is 4.17. The second kappa shape index (κ2) is 6.18. The van der Waals surface area contributed by atoms with Gasteiger partial charge >= 0.3 is 5.97 Å². The van der Waals surface area contributed by atoms with Crippen LogP contribution in [0.3, 0.4) is 0 Å². The Hall–Kier alpha value is -1.65. The zero-order chi connectivity index (χ0) is 12.8. The van der Waals surface area contributed by atoms with E-state index < -0.39 is 17.8 Å². The Morgan fingerprint density at radius 1 is 1.24 bits per heavy atom. The molecule has 17 heavy (non-hydrogen) atoms. The van der Waals surface area contributed by atoms with E-state index in [9.17, 15) is 14.4 Å². The molecule has 0 aliphatic carbocycles. The highest BCUT2D eigenvalue weighted by atomic mass is 16.5. The molecule has 1 heterocycles. The maximum atomic E-state index is 11.4. The predicted molar refractivity (Wildman–Crippen MR) is 60.9 cm³/mol. The van der Waals surface area contributed by atoms with Crippen LogP contribution in [0.25, 0.3) is 0 Å². The molecule has 0 aromatic carbocycles. The highest BCUT2D eigenvalue weighted by Crippen LogP contribution is 2.08. The zero-order valence-corrected chi connectivity index (χ0v) is 10.1. The fraction of sp³-hybridized carbons (Fsp3) is 0.583. The highest BCUT2D eigenvalue weighted by molar-refractivity contribution is 6.14. The van der Waals surface area contributed by atoms with E-state index in [1.165, 1.54) is 0 Å². The number of hydrogen-bond donors (Lipinski definition) is 0. The van der Waals surface area contributed by atoms with E-state index in [4.69, 9.17) is 4.74 Å². The molecule has 0 radical (unpaired) electrons. The summed E-state index contributed by atoms with van der Waals surface area (Å²) in [7, 11) is 0. The fourth-order valence-corrected chi connectivity index (χ4v) is 1.50. The van der Waals surface area contributed by atoms with Crippen molar-refractivity contribution in [3.8, 4) is 0 Å². The standard InChI is InChI=1S/C12H17NO4/c1-3-9(4-2)8-17-12(16)7-13-10(14)5-6-11(13)15/h5-6,9H,3-4,7-8H2,1-2H3. The summed E-state index contributed by atoms with van der Waals surface area (Å²) in [4.78, 5) is 34.7. The van der Waals surface area contributed by atoms with Gasteiger partial charge in [-0.25, -0.2) is 0 Å². The first-order valence-corrected chi connectivity index (χ1v) is 5.77. The molecule has 0 fully saturated rings. The van der Waals surface area contributed by atoms with Gasteiger partial charge in [-0.1, -0.05) is 26.7 Å². The number of esters is 1. The van der Waals surface area contributed by atoms with E-state index in [1.54, 1.807) is 0 Å². The third-order valence-electron chi connectivity index (χ3n) is 2.82. The molecular formula is C12H17NO4. The number of hydrogen-bond acceptors (Lipinski definition) is 4. The van der Waals surface area contributed by atoms with Crippen molar-refractivity contribution in [2.75, 3.05) is 13.2 Å². The quantitative estimate of drug-likeness (QED) is 0.510. The monoisotopic (exact) mass is 239 g/mol. The minimum absolute atomic E-state index is 0.301. The van der Waals surface area contributed by atoms with Crippen molar-refractivity contribution in [3.05, 3.63) is 12.2 Å². The molecule has 5 nitrogen and oxygen atoms in total. The van der Waals surface area contributed by atoms with Crippen LogP contribution in [0.4, 0.5) is 0 Å². The van der Waals surface area contributed by atoms with Crippen molar-refractivity contribution in [1.29, 1.82) is 0 Å². The Morgan fingerprint density at radius 3 is 2.24 bits per heavy atom. The Kier molecular flexibility index (Phi) is 4.87. The topological polar surface area (TPSA) is 63.7 Å². The minimum Gasteiger partial charge on any atom is -0.464 e. The first kappa shape index (κ1) is 13.4. The Bertz CT molecular complexity index is 326. The number of imide groups is 1. The number of amides is 2. The van der Waals surface area contributed by atoms with Gasteiger partial charge in [0, 0.05) is 12.2 Å². The maximum Gasteiger partial charge on any atom is 0.326 e. The van der Waals surface area contributed by atoms with Crippen LogP contribution in [-0.4, -0.2) is 35.8 Å². The maximum absolute atomic E-state index is 11.4. The van der Waals surface area contributed by atoms with Crippen molar-refractivity contribution < 1.29 is 19.1 Å². The zero-order valence-electron chi connectivity index (χ0n) is 10.1. The average Bonchev–Trinajstić information content (AvgIpc) is 2.62. The van der Waals surface area contributed by atoms with E-state index >= 15 is 0 Å². The van der Waals surface area contributed by atoms with Crippen LogP contribution in [0.5, 0.6) is 0 Å². The number of nitrogens with zero attached hydrogens (tertiary/aromatic N) is 1. The molecule has 0 aromatic heterocycles. The molecule has 0 atom stereocenters. The summed E-state index contributed by atoms with van der Waals surface area (Å²) in [5, 5.41) is 0. The number of ether oxygens (including phenoxy) is 1. The van der Waals surface area contributed by atoms with E-state index in [-0.39, 0.29) is 6.54 Å². The van der Waals surface area contributed by atoms with Crippen molar-refractivity contribution in [2.45, 2.75) is 26.7 Å². The second-order valence-electron chi connectivity index (χ2n) is 3.96. The molecule has 0 aromatic rings. The Morgan fingerprint density at radius 2 is 1.76 bits per heavy atom. The summed E-state index contributed by atoms with van der Waals surface area (Å²) in [6.45, 7) is 4.10. The summed E-state index contributed by atoms with van der Waals surface area (Å²) in [6, 6.07) is 0. The molecule has 0 spiro atoms. The fourth-order valence-electron chi connectivity index (χ4n) is 1.50. The van der Waals surface area contributed by atoms with Crippen molar-refractivity contribution in [2.24, 2.45) is 5.92 Å². The Balaban J connectivity index is 2.35. The lowest BCUT2D eigenvalue weighted by Crippen LogP contribution is -2.36. The van der Waals surface area contributed by atoms with Crippen LogP contribution in [0.1, 0.15) is 26.7 Å². The van der Waals surface area contributed by atoms with Crippen LogP contribution in [-0.2, 0) is 19.1 Å². The molecule has 94 valence electrons. The smallest absolute Gasteiger partial charge is 0.326 e. The molecule has 0 bridgehead atoms. The third kappa shape index (κ3) is 3.69. The van der Waals surface area contributed by atoms with Gasteiger partial charge in [0.1, 0.15) is 6.54 Å². The minimum atomic E-state index is -0.540. The highest BCUT2D eigenvalue weighted by Gasteiger charge is 2.26. The lowest BCUT2D eigenvalue weighted by molar-refractivity contribution is -0.152. The summed E-state index contributed by atoms with van der Waals surface area (Å²) in [5.74, 6) is -1.13. The lowest BCUT2D eigenvalue weighted by Gasteiger charge is -2.15. The molecule has 0 saturated carbocycles. The van der Waals surface area contributed by atoms with Crippen LogP contribution < -0.4 is 0 Å². The SMILES string of the molecule is CCC(CC)COC(=O)CN1C(=O)C=CC1=O. The van der Waals surface area contributed by atoms with E-state index in [0.717, 1.165) is 29.9 Å². The molecule has 1 aliphatic rings. The molecule has 1 aliphatic heterocycles. The molecule has 2 amide bonds. The van der Waals surface area contributed by atoms with E-state index in [2.05, 4.69) is 0 Å². The van der Waals surface area contributed by atoms with Crippen LogP contribution in [0.15, 0.2) is 12.2 Å². The summed E-state index contributed by atoms with van der Waals surface area (Å²) < 4.78 is 5.03. The van der Waals surface area contributed by atoms with Gasteiger partial charge < -0.3 is 4.74 Å². The van der Waals surface area contributed by atoms with Gasteiger partial charge in [0.15, 0.2) is 0 Å². The molecule has 1 rings (SSSR count). The predicted octanol–water partition coefficient (Wildman–Crippen LogP) is 0.891. The first-order valence-electron chi connectivity index (χ1n) is 5.77. The van der Waals surface area contributed by atoms with Gasteiger partial charge in [0.05, 0.1) is 6.61 Å². The molecule has 0 unspecified atom stereocenters. The first-order chi connectivity index (χ1) is 8.08. The second-order valence-corrected chi connectivity index (χ2v) is 3.96. The lowest BCUT2D eigenvalue weighted by atomic mass is 10.1. The van der Waals surface area contributed by atoms with E-state index in [0.29, 0.717) is 12.5 Å². The number of rotatable bonds is 6. The largest absolute Gasteiger partial charge is 0.464 e. The van der Waals surface area contributed by atoms with Crippen LogP contribution in [0.2, 0.25) is 0 Å². The van der Waals surface area contributed by atoms with Crippen LogP contribution in [0, 0.1) is 5.92 Å². The number of carbonyl (C=O) groups is 3. The molecular weight excluding hydrogens is 222 g/mol. The molecule has 0 saturated heterocycles. The van der Waals surface area contributed by atoms with Gasteiger partial charge in [-0.2, -0.15) is 0 Å². The van der Waals surface area contributed by atoms with E-state index in [1.807, 2.05) is 13.8 Å². The summed E-state index contributed by atoms with van der Waals surface area (Å²) >= 11 is 0. The normalized spacial score (nSPS) is 14.9. The van der Waals surface area contributed by atoms with Gasteiger partial charge in [-0.15, -0.1) is 0 Å². The van der Waals surface area contributed by atoms with Gasteiger partial charge in [0.2, 0.25) is 0 Å². The van der Waals surface area contributed by atoms with Crippen molar-refractivity contribution in [3.63, 3.8) is 0 Å². The van der Waals surface area contributed by atoms with Crippen molar-refractivity contribution >= 4 is 17.8 Å². The third-order valence-corrected chi connectivity index (χ3v) is 2.82. The summed E-state index contributed by atoms with van der Waals surface area (Å²) in [5.41, 5.74) is 0. The van der Waals surface area contributed by atoms with Gasteiger partial charge in [0.25, 0.3) is 11.8 Å². The van der Waals surface area contributed by atoms with Crippen molar-refractivity contribution in [1.82, 2.24) is 4.90 Å². The van der Waals surface area contributed by atoms with Crippen LogP contribution >= 0.6 is 0 Å². The van der Waals surface area contributed by atoms with Gasteiger partial charge in [-0.3, -0.25) is 19.3 Å². The number of carbonyl (C=O) groups excluding carboxylic acids is 3. The average molecular weight is 239 g/mol. The molecule has 0 N–H and O–H groups in total. The molecule has 5 heteroatoms.